The first-order chi connectivity index (χ1) is 15.8. The third-order valence-electron chi connectivity index (χ3n) is 5.03. The Bertz CT molecular complexity index is 1180. The summed E-state index contributed by atoms with van der Waals surface area (Å²) in [6.45, 7) is 9.90. The van der Waals surface area contributed by atoms with Crippen LogP contribution in [-0.2, 0) is 11.3 Å². The number of hydrogen-bond donors (Lipinski definition) is 2. The summed E-state index contributed by atoms with van der Waals surface area (Å²) in [7, 11) is 0. The number of aryl methyl sites for hydroxylation is 2. The van der Waals surface area contributed by atoms with Crippen LogP contribution in [0, 0.1) is 19.7 Å². The Hall–Kier alpha value is -3.46. The van der Waals surface area contributed by atoms with Crippen molar-refractivity contribution < 1.29 is 14.0 Å². The summed E-state index contributed by atoms with van der Waals surface area (Å²) in [5.41, 5.74) is 2.95. The van der Waals surface area contributed by atoms with E-state index in [0.29, 0.717) is 17.5 Å². The average Bonchev–Trinajstić information content (AvgIpc) is 3.18. The highest BCUT2D eigenvalue weighted by Crippen LogP contribution is 2.22. The molecule has 0 radical (unpaired) electrons. The number of halogens is 1. The molecule has 0 aliphatic carbocycles. The third kappa shape index (κ3) is 6.07. The van der Waals surface area contributed by atoms with Crippen LogP contribution in [-0.4, -0.2) is 32.3 Å². The molecule has 1 heterocycles. The van der Waals surface area contributed by atoms with E-state index >= 15 is 0 Å². The quantitative estimate of drug-likeness (QED) is 0.359. The minimum absolute atomic E-state index is 0.0447. The average molecular weight is 468 g/mol. The molecular formula is C24H26FN5O2S. The van der Waals surface area contributed by atoms with Crippen molar-refractivity contribution in [3.05, 3.63) is 83.5 Å². The smallest absolute Gasteiger partial charge is 0.254 e. The van der Waals surface area contributed by atoms with Gasteiger partial charge in [-0.25, -0.2) is 4.39 Å². The monoisotopic (exact) mass is 467 g/mol. The van der Waals surface area contributed by atoms with Crippen molar-refractivity contribution in [2.24, 2.45) is 0 Å². The third-order valence-corrected chi connectivity index (χ3v) is 6.00. The van der Waals surface area contributed by atoms with Crippen molar-refractivity contribution in [1.82, 2.24) is 20.1 Å². The van der Waals surface area contributed by atoms with Crippen LogP contribution in [0.25, 0.3) is 0 Å². The Kier molecular flexibility index (Phi) is 8.00. The van der Waals surface area contributed by atoms with Crippen LogP contribution in [0.5, 0.6) is 0 Å². The molecule has 0 aliphatic rings. The lowest BCUT2D eigenvalue weighted by molar-refractivity contribution is -0.113. The normalized spacial score (nSPS) is 11.6. The van der Waals surface area contributed by atoms with E-state index in [-0.39, 0.29) is 17.2 Å². The van der Waals surface area contributed by atoms with Gasteiger partial charge in [0, 0.05) is 12.2 Å². The molecule has 0 unspecified atom stereocenters. The van der Waals surface area contributed by atoms with Crippen LogP contribution in [0.2, 0.25) is 0 Å². The van der Waals surface area contributed by atoms with Crippen LogP contribution in [0.3, 0.4) is 0 Å². The van der Waals surface area contributed by atoms with Gasteiger partial charge in [0.25, 0.3) is 5.91 Å². The number of nitrogens with one attached hydrogen (secondary N) is 2. The van der Waals surface area contributed by atoms with Crippen LogP contribution in [0.1, 0.15) is 40.3 Å². The van der Waals surface area contributed by atoms with Gasteiger partial charge in [0.15, 0.2) is 11.0 Å². The highest BCUT2D eigenvalue weighted by molar-refractivity contribution is 7.99. The molecule has 2 aromatic carbocycles. The summed E-state index contributed by atoms with van der Waals surface area (Å²) >= 11 is 1.23. The van der Waals surface area contributed by atoms with Gasteiger partial charge >= 0.3 is 0 Å². The van der Waals surface area contributed by atoms with Gasteiger partial charge in [-0.1, -0.05) is 36.0 Å². The van der Waals surface area contributed by atoms with Crippen LogP contribution in [0.4, 0.5) is 10.1 Å². The molecule has 2 N–H and O–H groups in total. The lowest BCUT2D eigenvalue weighted by Gasteiger charge is -2.15. The van der Waals surface area contributed by atoms with E-state index in [1.54, 1.807) is 23.6 Å². The van der Waals surface area contributed by atoms with Crippen LogP contribution < -0.4 is 10.6 Å². The number of hydrogen-bond acceptors (Lipinski definition) is 5. The van der Waals surface area contributed by atoms with Crippen LogP contribution in [0.15, 0.2) is 60.3 Å². The van der Waals surface area contributed by atoms with E-state index in [1.165, 1.54) is 30.0 Å². The first-order valence-corrected chi connectivity index (χ1v) is 11.4. The van der Waals surface area contributed by atoms with Gasteiger partial charge in [-0.15, -0.1) is 16.8 Å². The molecule has 0 saturated carbocycles. The van der Waals surface area contributed by atoms with Crippen LogP contribution >= 0.6 is 11.8 Å². The molecule has 1 aromatic heterocycles. The zero-order chi connectivity index (χ0) is 24.0. The fourth-order valence-corrected chi connectivity index (χ4v) is 3.91. The van der Waals surface area contributed by atoms with Crippen molar-refractivity contribution in [2.45, 2.75) is 38.5 Å². The highest BCUT2D eigenvalue weighted by Gasteiger charge is 2.21. The van der Waals surface area contributed by atoms with Gasteiger partial charge in [-0.05, 0) is 56.2 Å². The van der Waals surface area contributed by atoms with Gasteiger partial charge in [-0.2, -0.15) is 0 Å². The summed E-state index contributed by atoms with van der Waals surface area (Å²) in [6.07, 6.45) is 1.68. The SMILES string of the molecule is C=CCn1c(SCC(=O)Nc2ccc(C)c(C)c2)nnc1[C@H](C)NC(=O)c1ccccc1F. The number of benzene rings is 2. The number of aromatic nitrogens is 3. The maximum Gasteiger partial charge on any atom is 0.254 e. The molecule has 2 amide bonds. The number of nitrogens with zero attached hydrogens (tertiary/aromatic N) is 3. The van der Waals surface area contributed by atoms with E-state index in [4.69, 9.17) is 0 Å². The molecule has 3 aromatic rings. The summed E-state index contributed by atoms with van der Waals surface area (Å²) in [4.78, 5) is 24.9. The van der Waals surface area contributed by atoms with E-state index in [0.717, 1.165) is 16.8 Å². The Morgan fingerprint density at radius 2 is 1.94 bits per heavy atom. The standard InChI is InChI=1S/C24H26FN5O2S/c1-5-12-30-22(17(4)26-23(32)19-8-6-7-9-20(19)25)28-29-24(30)33-14-21(31)27-18-11-10-15(2)16(3)13-18/h5-11,13,17H,1,12,14H2,2-4H3,(H,26,32)(H,27,31)/t17-/m0/s1. The number of carbonyl (C=O) groups excluding carboxylic acids is 2. The number of anilines is 1. The summed E-state index contributed by atoms with van der Waals surface area (Å²) < 4.78 is 15.7. The lowest BCUT2D eigenvalue weighted by atomic mass is 10.1. The highest BCUT2D eigenvalue weighted by atomic mass is 32.2. The predicted molar refractivity (Wildman–Crippen MR) is 128 cm³/mol. The summed E-state index contributed by atoms with van der Waals surface area (Å²) in [5, 5.41) is 14.5. The van der Waals surface area contributed by atoms with Gasteiger partial charge in [0.05, 0.1) is 17.4 Å². The fraction of sp³-hybridized carbons (Fsp3) is 0.250. The molecule has 3 rings (SSSR count). The predicted octanol–water partition coefficient (Wildman–Crippen LogP) is 4.44. The van der Waals surface area contributed by atoms with Crippen molar-refractivity contribution in [1.29, 1.82) is 0 Å². The van der Waals surface area contributed by atoms with E-state index in [1.807, 2.05) is 32.0 Å². The summed E-state index contributed by atoms with van der Waals surface area (Å²) in [5.74, 6) is -0.690. The minimum atomic E-state index is -0.596. The zero-order valence-corrected chi connectivity index (χ0v) is 19.6. The second kappa shape index (κ2) is 10.9. The molecule has 0 spiro atoms. The second-order valence-electron chi connectivity index (χ2n) is 7.55. The number of rotatable bonds is 9. The van der Waals surface area contributed by atoms with Gasteiger partial charge < -0.3 is 15.2 Å². The van der Waals surface area contributed by atoms with Gasteiger partial charge in [-0.3, -0.25) is 9.59 Å². The molecule has 172 valence electrons. The number of amides is 2. The molecular weight excluding hydrogens is 441 g/mol. The molecule has 0 fully saturated rings. The topological polar surface area (TPSA) is 88.9 Å². The maximum absolute atomic E-state index is 13.9. The second-order valence-corrected chi connectivity index (χ2v) is 8.49. The maximum atomic E-state index is 13.9. The first kappa shape index (κ1) is 24.2. The Labute approximate surface area is 196 Å². The van der Waals surface area contributed by atoms with E-state index < -0.39 is 17.8 Å². The van der Waals surface area contributed by atoms with Crippen molar-refractivity contribution in [2.75, 3.05) is 11.1 Å². The van der Waals surface area contributed by atoms with Gasteiger partial charge in [0.1, 0.15) is 5.82 Å². The van der Waals surface area contributed by atoms with Crippen molar-refractivity contribution in [3.63, 3.8) is 0 Å². The molecule has 0 saturated heterocycles. The molecule has 0 aliphatic heterocycles. The molecule has 33 heavy (non-hydrogen) atoms. The molecule has 0 bridgehead atoms. The largest absolute Gasteiger partial charge is 0.342 e. The van der Waals surface area contributed by atoms with Crippen molar-refractivity contribution >= 4 is 29.3 Å². The molecule has 9 heteroatoms. The zero-order valence-electron chi connectivity index (χ0n) is 18.8. The lowest BCUT2D eigenvalue weighted by Crippen LogP contribution is -2.29. The number of thioether (sulfide) groups is 1. The number of carbonyl (C=O) groups is 2. The number of allylic oxidation sites excluding steroid dienone is 1. The Morgan fingerprint density at radius 1 is 1.18 bits per heavy atom. The molecule has 1 atom stereocenters. The summed E-state index contributed by atoms with van der Waals surface area (Å²) in [6, 6.07) is 11.0. The van der Waals surface area contributed by atoms with Gasteiger partial charge in [0.2, 0.25) is 5.91 Å². The Morgan fingerprint density at radius 3 is 2.64 bits per heavy atom. The Balaban J connectivity index is 1.67. The fourth-order valence-electron chi connectivity index (χ4n) is 3.16. The molecule has 7 nitrogen and oxygen atoms in total. The van der Waals surface area contributed by atoms with E-state index in [2.05, 4.69) is 27.4 Å². The van der Waals surface area contributed by atoms with E-state index in [9.17, 15) is 14.0 Å². The first-order valence-electron chi connectivity index (χ1n) is 10.4. The van der Waals surface area contributed by atoms with Crippen molar-refractivity contribution in [3.8, 4) is 0 Å². The minimum Gasteiger partial charge on any atom is -0.342 e.